The second-order valence-corrected chi connectivity index (χ2v) is 37.0. The molecule has 8 bridgehead atoms. The van der Waals surface area contributed by atoms with Crippen LogP contribution in [0.5, 0.6) is 0 Å². The predicted molar refractivity (Wildman–Crippen MR) is 424 cm³/mol. The maximum Gasteiger partial charge on any atom is 0.335 e. The lowest BCUT2D eigenvalue weighted by molar-refractivity contribution is -0.214. The SMILES string of the molecule is O=C(Nc1ncnc2c1ncn2[C@@H]1O[C@H](C(=O)O)C2OC3(Cc4ccccc4C3)O[C@@H]21)NC12CC3CC(CC(C3)C1)C2.O=C(Nc1ncnc2c1ncn2[C@@H]1O[C@H](CO)C2OC3(Cc4ccccc4C3)O[C@@H]21)NC12CC3CC(CC(C3)C1)C2.O=C(Nc1ncnc2c1ncn2[C@@H]1O[C@H](CO)C2OC3(Cc4ccccc4C3)O[C@@H]21)NC1CCCCC1. The van der Waals surface area contributed by atoms with Gasteiger partial charge in [0.1, 0.15) is 67.8 Å². The average Bonchev–Trinajstić information content (AvgIpc) is 1.60. The number of carboxylic acid groups (broad SMARTS) is 1. The van der Waals surface area contributed by atoms with E-state index in [4.69, 9.17) is 42.6 Å². The van der Waals surface area contributed by atoms with Crippen molar-refractivity contribution in [3.05, 3.63) is 144 Å². The Hall–Kier alpha value is -9.85. The van der Waals surface area contributed by atoms with Crippen LogP contribution in [0, 0.1) is 35.5 Å². The average molecular weight is 1640 g/mol. The third-order valence-corrected chi connectivity index (χ3v) is 29.0. The lowest BCUT2D eigenvalue weighted by Crippen LogP contribution is -2.60. The number of benzene rings is 3. The van der Waals surface area contributed by atoms with Crippen molar-refractivity contribution in [1.29, 1.82) is 0 Å². The minimum Gasteiger partial charge on any atom is -0.479 e. The van der Waals surface area contributed by atoms with Crippen LogP contribution in [-0.4, -0.2) is 201 Å². The van der Waals surface area contributed by atoms with E-state index in [1.165, 1.54) is 92.5 Å². The van der Waals surface area contributed by atoms with Crippen LogP contribution in [0.3, 0.4) is 0 Å². The van der Waals surface area contributed by atoms with E-state index in [2.05, 4.69) is 101 Å². The Morgan fingerprint density at radius 1 is 0.392 bits per heavy atom. The first-order valence-electron chi connectivity index (χ1n) is 42.9. The highest BCUT2D eigenvalue weighted by Crippen LogP contribution is 2.59. The summed E-state index contributed by atoms with van der Waals surface area (Å²) >= 11 is 0. The van der Waals surface area contributed by atoms with Crippen LogP contribution in [0.25, 0.3) is 33.5 Å². The Bertz CT molecular complexity index is 5400. The number of aliphatic carboxylic acids is 1. The smallest absolute Gasteiger partial charge is 0.335 e. The molecular formula is C86H96N18O16. The maximum atomic E-state index is 13.3. The summed E-state index contributed by atoms with van der Waals surface area (Å²) in [6, 6.07) is 23.9. The van der Waals surface area contributed by atoms with Gasteiger partial charge in [0.2, 0.25) is 0 Å². The molecule has 9 N–H and O–H groups in total. The molecule has 12 aliphatic carbocycles. The minimum atomic E-state index is -1.22. The minimum absolute atomic E-state index is 0.105. The molecule has 3 unspecified atom stereocenters. The van der Waals surface area contributed by atoms with Gasteiger partial charge in [-0.05, 0) is 159 Å². The first kappa shape index (κ1) is 75.1. The summed E-state index contributed by atoms with van der Waals surface area (Å²) in [5.74, 6) is 1.70. The van der Waals surface area contributed by atoms with Gasteiger partial charge in [-0.2, -0.15) is 0 Å². The van der Waals surface area contributed by atoms with Gasteiger partial charge in [0.05, 0.1) is 32.2 Å². The predicted octanol–water partition coefficient (Wildman–Crippen LogP) is 8.71. The molecule has 12 atom stereocenters. The summed E-state index contributed by atoms with van der Waals surface area (Å²) in [5, 5.41) is 48.6. The Kier molecular flexibility index (Phi) is 18.1. The quantitative estimate of drug-likeness (QED) is 0.0552. The number of urea groups is 3. The zero-order valence-electron chi connectivity index (χ0n) is 66.1. The second kappa shape index (κ2) is 28.9. The van der Waals surface area contributed by atoms with Crippen LogP contribution < -0.4 is 31.9 Å². The first-order valence-corrected chi connectivity index (χ1v) is 42.9. The molecule has 6 aromatic heterocycles. The van der Waals surface area contributed by atoms with Crippen molar-refractivity contribution in [2.45, 2.75) is 256 Å². The van der Waals surface area contributed by atoms with Gasteiger partial charge in [0, 0.05) is 55.6 Å². The van der Waals surface area contributed by atoms with Gasteiger partial charge in [-0.25, -0.2) is 64.0 Å². The standard InChI is InChI=1S/C30H32N6O6.C30H34N6O5.C26H30N6O5/c37-27(38)23-21-22(42-30(41-21)11-18-3-1-2-4-19(18)12-30)26(40-23)36-14-33-20-24(31-13-32-25(20)36)34-28(39)35-29-8-15-5-16(9-29)7-17(6-15)10-29;37-13-21-23-24(41-30(40-23)11-19-3-1-2-4-20(19)12-30)27(39-21)36-15-33-22-25(31-14-32-26(22)36)34-28(38)35-29-8-16-5-17(9-29)7-18(6-16)10-29;33-12-18-20-21(37-26(36-20)10-15-6-4-5-7-16(15)11-26)24(35-18)32-14-29-19-22(27-13-28-23(19)32)31-25(34)30-17-8-2-1-3-9-17/h1-4,13-17,21-23,26H,5-12H2,(H,37,38)(H2,31,32,34,35,39);1-4,14-18,21,23-24,27,37H,5-13H2,(H2,31,32,34,35,38);4-7,13-14,17-18,20-21,24,33H,1-3,8-12H2,(H2,27,28,30,31,34)/t15?,16?,17?,21?,22-,23-,26+,29?;16?,17?,18?,21-,23?,24+,27-,29?;18-,20?,21+,24-/m011/s1. The molecule has 34 nitrogen and oxygen atoms in total. The highest BCUT2D eigenvalue weighted by atomic mass is 16.8. The highest BCUT2D eigenvalue weighted by Gasteiger charge is 2.65. The van der Waals surface area contributed by atoms with E-state index < -0.39 is 97.0 Å². The number of imidazole rings is 3. The van der Waals surface area contributed by atoms with Crippen molar-refractivity contribution in [2.75, 3.05) is 29.2 Å². The number of carbonyl (C=O) groups excluding carboxylic acids is 3. The molecule has 0 radical (unpaired) electrons. The zero-order chi connectivity index (χ0) is 80.5. The van der Waals surface area contributed by atoms with Gasteiger partial charge in [-0.15, -0.1) is 0 Å². The molecule has 15 fully saturated rings. The maximum absolute atomic E-state index is 13.3. The molecular weight excluding hydrogens is 1540 g/mol. The first-order chi connectivity index (χ1) is 58.5. The molecule has 6 aliphatic heterocycles. The van der Waals surface area contributed by atoms with Crippen LogP contribution in [0.15, 0.2) is 111 Å². The van der Waals surface area contributed by atoms with Crippen LogP contribution in [-0.2, 0) is 86.0 Å². The number of aliphatic hydroxyl groups is 2. The molecule has 626 valence electrons. The summed E-state index contributed by atoms with van der Waals surface area (Å²) in [4.78, 5) is 91.3. The lowest BCUT2D eigenvalue weighted by Gasteiger charge is -2.56. The fourth-order valence-electron chi connectivity index (χ4n) is 25.0. The van der Waals surface area contributed by atoms with Crippen LogP contribution >= 0.6 is 0 Å². The Morgan fingerprint density at radius 3 is 1.05 bits per heavy atom. The number of rotatable bonds is 12. The number of aliphatic hydroxyl groups excluding tert-OH is 2. The van der Waals surface area contributed by atoms with Crippen molar-refractivity contribution < 1.29 is 77.1 Å². The number of anilines is 3. The van der Waals surface area contributed by atoms with Crippen molar-refractivity contribution in [2.24, 2.45) is 35.5 Å². The summed E-state index contributed by atoms with van der Waals surface area (Å²) < 4.78 is 62.8. The van der Waals surface area contributed by atoms with Gasteiger partial charge < -0.3 is 73.9 Å². The number of ether oxygens (including phenoxy) is 9. The molecule has 3 spiro atoms. The molecule has 18 aliphatic rings. The molecule has 12 heterocycles. The van der Waals surface area contributed by atoms with Crippen LogP contribution in [0.1, 0.15) is 161 Å². The molecule has 120 heavy (non-hydrogen) atoms. The fraction of sp³-hybridized carbons (Fsp3) is 0.570. The molecule has 27 rings (SSSR count). The Morgan fingerprint density at radius 2 is 0.708 bits per heavy atom. The van der Waals surface area contributed by atoms with E-state index in [9.17, 15) is 34.5 Å². The summed E-state index contributed by atoms with van der Waals surface area (Å²) in [6.07, 6.45) is 24.7. The van der Waals surface area contributed by atoms with Crippen LogP contribution in [0.2, 0.25) is 0 Å². The second-order valence-electron chi connectivity index (χ2n) is 37.0. The third-order valence-electron chi connectivity index (χ3n) is 29.0. The highest BCUT2D eigenvalue weighted by molar-refractivity contribution is 5.98. The van der Waals surface area contributed by atoms with E-state index in [0.29, 0.717) is 101 Å². The zero-order valence-corrected chi connectivity index (χ0v) is 66.1. The van der Waals surface area contributed by atoms with E-state index in [1.807, 2.05) is 48.5 Å². The number of amides is 6. The summed E-state index contributed by atoms with van der Waals surface area (Å²) in [6.45, 7) is -0.386. The van der Waals surface area contributed by atoms with Gasteiger partial charge >= 0.3 is 24.1 Å². The van der Waals surface area contributed by atoms with Crippen molar-refractivity contribution in [1.82, 2.24) is 74.5 Å². The van der Waals surface area contributed by atoms with Crippen LogP contribution in [0.4, 0.5) is 31.8 Å². The summed E-state index contributed by atoms with van der Waals surface area (Å²) in [7, 11) is 0. The van der Waals surface area contributed by atoms with E-state index in [0.717, 1.165) is 93.1 Å². The van der Waals surface area contributed by atoms with Gasteiger partial charge in [0.15, 0.2) is 93.1 Å². The van der Waals surface area contributed by atoms with Crippen molar-refractivity contribution >= 4 is 75.0 Å². The fourth-order valence-corrected chi connectivity index (χ4v) is 25.0. The van der Waals surface area contributed by atoms with Gasteiger partial charge in [-0.1, -0.05) is 92.1 Å². The van der Waals surface area contributed by atoms with Gasteiger partial charge in [-0.3, -0.25) is 29.7 Å². The number of carboxylic acids is 1. The third kappa shape index (κ3) is 13.1. The van der Waals surface area contributed by atoms with E-state index >= 15 is 0 Å². The Balaban J connectivity index is 0.000000105. The molecule has 34 heteroatoms. The number of nitrogens with zero attached hydrogens (tertiary/aromatic N) is 12. The molecule has 6 amide bonds. The number of carbonyl (C=O) groups is 4. The number of hydrogen-bond donors (Lipinski definition) is 9. The molecule has 9 aromatic rings. The Labute approximate surface area is 688 Å². The monoisotopic (exact) mass is 1640 g/mol. The number of hydrogen-bond acceptors (Lipinski definition) is 24. The van der Waals surface area contributed by atoms with E-state index in [1.54, 1.807) is 26.4 Å². The lowest BCUT2D eigenvalue weighted by atomic mass is 9.53. The number of fused-ring (bicyclic) bond motifs is 9. The molecule has 6 saturated heterocycles. The number of nitrogens with one attached hydrogen (secondary N) is 6. The number of aromatic nitrogens is 12. The topological polar surface area (TPSA) is 415 Å². The normalized spacial score (nSPS) is 34.5. The van der Waals surface area contributed by atoms with Crippen molar-refractivity contribution in [3.8, 4) is 0 Å². The summed E-state index contributed by atoms with van der Waals surface area (Å²) in [5.41, 5.74) is 9.62. The van der Waals surface area contributed by atoms with Crippen molar-refractivity contribution in [3.63, 3.8) is 0 Å². The van der Waals surface area contributed by atoms with E-state index in [-0.39, 0.29) is 54.2 Å². The largest absolute Gasteiger partial charge is 0.479 e. The molecule has 9 saturated carbocycles. The van der Waals surface area contributed by atoms with Gasteiger partial charge in [0.25, 0.3) is 0 Å². The molecule has 3 aromatic carbocycles.